The molecule has 0 aliphatic carbocycles. The van der Waals surface area contributed by atoms with Crippen LogP contribution >= 0.6 is 27.7 Å². The van der Waals surface area contributed by atoms with Gasteiger partial charge < -0.3 is 9.73 Å². The van der Waals surface area contributed by atoms with Gasteiger partial charge in [-0.05, 0) is 40.2 Å². The molecular weight excluding hydrogens is 336 g/mol. The standard InChI is InChI=1S/C13H12BrF2NOS/c14-11-3-1-2-4-12(11)17-7-9-5-6-10(18-9)8-19-13(15)16/h1-6,13,17H,7-8H2. The van der Waals surface area contributed by atoms with E-state index in [2.05, 4.69) is 21.2 Å². The molecule has 0 atom stereocenters. The lowest BCUT2D eigenvalue weighted by atomic mass is 10.3. The lowest BCUT2D eigenvalue weighted by Gasteiger charge is -2.06. The van der Waals surface area contributed by atoms with Gasteiger partial charge in [0.15, 0.2) is 0 Å². The summed E-state index contributed by atoms with van der Waals surface area (Å²) >= 11 is 4.00. The summed E-state index contributed by atoms with van der Waals surface area (Å²) in [5.74, 6) is -0.894. The molecule has 1 aromatic heterocycles. The molecule has 0 amide bonds. The fraction of sp³-hybridized carbons (Fsp3) is 0.231. The number of rotatable bonds is 6. The van der Waals surface area contributed by atoms with Gasteiger partial charge in [0.2, 0.25) is 0 Å². The van der Waals surface area contributed by atoms with E-state index in [1.165, 1.54) is 0 Å². The minimum atomic E-state index is -2.37. The van der Waals surface area contributed by atoms with Crippen LogP contribution in [0.1, 0.15) is 11.5 Å². The van der Waals surface area contributed by atoms with E-state index in [-0.39, 0.29) is 5.75 Å². The van der Waals surface area contributed by atoms with E-state index < -0.39 is 5.76 Å². The second-order valence-electron chi connectivity index (χ2n) is 3.77. The van der Waals surface area contributed by atoms with Crippen molar-refractivity contribution in [2.45, 2.75) is 18.1 Å². The largest absolute Gasteiger partial charge is 0.463 e. The van der Waals surface area contributed by atoms with Crippen LogP contribution in [-0.2, 0) is 12.3 Å². The van der Waals surface area contributed by atoms with Crippen LogP contribution in [-0.4, -0.2) is 5.76 Å². The molecule has 2 aromatic rings. The fourth-order valence-corrected chi connectivity index (χ4v) is 2.40. The Hall–Kier alpha value is -1.01. The van der Waals surface area contributed by atoms with Gasteiger partial charge in [0.1, 0.15) is 11.5 Å². The molecule has 102 valence electrons. The first kappa shape index (κ1) is 14.4. The normalized spacial score (nSPS) is 10.9. The quantitative estimate of drug-likeness (QED) is 0.785. The van der Waals surface area contributed by atoms with Crippen molar-refractivity contribution < 1.29 is 13.2 Å². The highest BCUT2D eigenvalue weighted by Crippen LogP contribution is 2.24. The third kappa shape index (κ3) is 4.54. The minimum Gasteiger partial charge on any atom is -0.463 e. The van der Waals surface area contributed by atoms with Crippen LogP contribution in [0.25, 0.3) is 0 Å². The Kier molecular flexibility index (Phi) is 5.27. The maximum atomic E-state index is 12.0. The Morgan fingerprint density at radius 2 is 1.89 bits per heavy atom. The Labute approximate surface area is 122 Å². The third-order valence-corrected chi connectivity index (χ3v) is 3.79. The van der Waals surface area contributed by atoms with Crippen molar-refractivity contribution in [2.24, 2.45) is 0 Å². The monoisotopic (exact) mass is 347 g/mol. The zero-order valence-electron chi connectivity index (χ0n) is 9.91. The van der Waals surface area contributed by atoms with Gasteiger partial charge in [-0.25, -0.2) is 0 Å². The van der Waals surface area contributed by atoms with E-state index in [0.29, 0.717) is 24.1 Å². The van der Waals surface area contributed by atoms with Crippen LogP contribution in [0.5, 0.6) is 0 Å². The van der Waals surface area contributed by atoms with E-state index in [9.17, 15) is 8.78 Å². The van der Waals surface area contributed by atoms with Crippen molar-refractivity contribution in [3.63, 3.8) is 0 Å². The molecule has 0 spiro atoms. The van der Waals surface area contributed by atoms with Gasteiger partial charge in [-0.3, -0.25) is 0 Å². The first-order chi connectivity index (χ1) is 9.15. The molecule has 1 heterocycles. The van der Waals surface area contributed by atoms with E-state index in [0.717, 1.165) is 15.9 Å². The van der Waals surface area contributed by atoms with Crippen LogP contribution < -0.4 is 5.32 Å². The van der Waals surface area contributed by atoms with Crippen LogP contribution in [0, 0.1) is 0 Å². The molecular formula is C13H12BrF2NOS. The molecule has 2 rings (SSSR count). The number of halogens is 3. The van der Waals surface area contributed by atoms with Gasteiger partial charge >= 0.3 is 0 Å². The van der Waals surface area contributed by atoms with Gasteiger partial charge in [0, 0.05) is 10.2 Å². The average molecular weight is 348 g/mol. The summed E-state index contributed by atoms with van der Waals surface area (Å²) in [6.07, 6.45) is 0. The molecule has 0 fully saturated rings. The summed E-state index contributed by atoms with van der Waals surface area (Å²) < 4.78 is 30.5. The number of hydrogen-bond donors (Lipinski definition) is 1. The fourth-order valence-electron chi connectivity index (χ4n) is 1.53. The number of alkyl halides is 2. The number of nitrogens with one attached hydrogen (secondary N) is 1. The van der Waals surface area contributed by atoms with Crippen LogP contribution in [0.3, 0.4) is 0 Å². The Morgan fingerprint density at radius 1 is 1.16 bits per heavy atom. The van der Waals surface area contributed by atoms with Gasteiger partial charge in [0.25, 0.3) is 5.76 Å². The SMILES string of the molecule is FC(F)SCc1ccc(CNc2ccccc2Br)o1. The van der Waals surface area contributed by atoms with Crippen LogP contribution in [0.15, 0.2) is 45.3 Å². The third-order valence-electron chi connectivity index (χ3n) is 2.40. The zero-order chi connectivity index (χ0) is 13.7. The van der Waals surface area contributed by atoms with Crippen LogP contribution in [0.2, 0.25) is 0 Å². The van der Waals surface area contributed by atoms with E-state index in [1.54, 1.807) is 12.1 Å². The van der Waals surface area contributed by atoms with Crippen molar-refractivity contribution in [1.82, 2.24) is 0 Å². The molecule has 0 aliphatic heterocycles. The zero-order valence-corrected chi connectivity index (χ0v) is 12.3. The molecule has 1 aromatic carbocycles. The van der Waals surface area contributed by atoms with E-state index in [4.69, 9.17) is 4.42 Å². The topological polar surface area (TPSA) is 25.2 Å². The minimum absolute atomic E-state index is 0.187. The second-order valence-corrected chi connectivity index (χ2v) is 5.61. The maximum absolute atomic E-state index is 12.0. The summed E-state index contributed by atoms with van der Waals surface area (Å²) in [4.78, 5) is 0. The first-order valence-electron chi connectivity index (χ1n) is 5.61. The molecule has 0 saturated heterocycles. The van der Waals surface area contributed by atoms with E-state index >= 15 is 0 Å². The Balaban J connectivity index is 1.88. The number of hydrogen-bond acceptors (Lipinski definition) is 3. The van der Waals surface area contributed by atoms with Crippen molar-refractivity contribution in [2.75, 3.05) is 5.32 Å². The lowest BCUT2D eigenvalue weighted by Crippen LogP contribution is -1.98. The predicted molar refractivity (Wildman–Crippen MR) is 77.5 cm³/mol. The Bertz CT molecular complexity index is 533. The second kappa shape index (κ2) is 6.96. The van der Waals surface area contributed by atoms with Crippen molar-refractivity contribution in [3.05, 3.63) is 52.4 Å². The van der Waals surface area contributed by atoms with Crippen LogP contribution in [0.4, 0.5) is 14.5 Å². The molecule has 0 unspecified atom stereocenters. The van der Waals surface area contributed by atoms with Gasteiger partial charge in [-0.1, -0.05) is 23.9 Å². The first-order valence-corrected chi connectivity index (χ1v) is 7.45. The molecule has 2 nitrogen and oxygen atoms in total. The molecule has 0 bridgehead atoms. The maximum Gasteiger partial charge on any atom is 0.284 e. The number of furan rings is 1. The van der Waals surface area contributed by atoms with Gasteiger partial charge in [0.05, 0.1) is 12.3 Å². The number of anilines is 1. The highest BCUT2D eigenvalue weighted by molar-refractivity contribution is 9.10. The smallest absolute Gasteiger partial charge is 0.284 e. The summed E-state index contributed by atoms with van der Waals surface area (Å²) in [6.45, 7) is 0.516. The van der Waals surface area contributed by atoms with E-state index in [1.807, 2.05) is 24.3 Å². The predicted octanol–water partition coefficient (Wildman–Crippen LogP) is 5.11. The number of thioether (sulfide) groups is 1. The lowest BCUT2D eigenvalue weighted by molar-refractivity contribution is 0.251. The highest BCUT2D eigenvalue weighted by atomic mass is 79.9. The Morgan fingerprint density at radius 3 is 2.63 bits per heavy atom. The van der Waals surface area contributed by atoms with Gasteiger partial charge in [-0.2, -0.15) is 8.78 Å². The number of benzene rings is 1. The molecule has 0 saturated carbocycles. The summed E-state index contributed by atoms with van der Waals surface area (Å²) in [6, 6.07) is 11.3. The molecule has 0 radical (unpaired) electrons. The summed E-state index contributed by atoms with van der Waals surface area (Å²) in [5.41, 5.74) is 0.961. The molecule has 1 N–H and O–H groups in total. The summed E-state index contributed by atoms with van der Waals surface area (Å²) in [5, 5.41) is 3.21. The van der Waals surface area contributed by atoms with Crippen molar-refractivity contribution in [3.8, 4) is 0 Å². The molecule has 0 aliphatic rings. The van der Waals surface area contributed by atoms with Gasteiger partial charge in [-0.15, -0.1) is 0 Å². The molecule has 19 heavy (non-hydrogen) atoms. The van der Waals surface area contributed by atoms with Crippen molar-refractivity contribution in [1.29, 1.82) is 0 Å². The summed E-state index contributed by atoms with van der Waals surface area (Å²) in [7, 11) is 0. The molecule has 6 heteroatoms. The van der Waals surface area contributed by atoms with Crippen molar-refractivity contribution >= 4 is 33.4 Å². The average Bonchev–Trinajstić information content (AvgIpc) is 2.83. The highest BCUT2D eigenvalue weighted by Gasteiger charge is 2.07. The number of para-hydroxylation sites is 1.